The number of pyridine rings is 1. The van der Waals surface area contributed by atoms with Crippen molar-refractivity contribution in [2.24, 2.45) is 0 Å². The van der Waals surface area contributed by atoms with Crippen molar-refractivity contribution in [2.75, 3.05) is 6.61 Å². The molecule has 0 N–H and O–H groups in total. The minimum atomic E-state index is -0.399. The molecule has 2 rings (SSSR count). The smallest absolute Gasteiger partial charge is 0.339 e. The molecule has 0 spiro atoms. The van der Waals surface area contributed by atoms with Gasteiger partial charge in [-0.05, 0) is 28.9 Å². The average Bonchev–Trinajstić information content (AvgIpc) is 2.40. The van der Waals surface area contributed by atoms with Gasteiger partial charge in [-0.1, -0.05) is 0 Å². The summed E-state index contributed by atoms with van der Waals surface area (Å²) in [4.78, 5) is 23.9. The molecule has 0 fully saturated rings. The van der Waals surface area contributed by atoms with Gasteiger partial charge in [0, 0.05) is 30.4 Å². The van der Waals surface area contributed by atoms with E-state index in [0.717, 1.165) is 4.47 Å². The molecule has 0 aliphatic carbocycles. The Labute approximate surface area is 112 Å². The van der Waals surface area contributed by atoms with E-state index in [2.05, 4.69) is 30.9 Å². The fourth-order valence-corrected chi connectivity index (χ4v) is 1.55. The first-order valence-electron chi connectivity index (χ1n) is 5.31. The van der Waals surface area contributed by atoms with Crippen molar-refractivity contribution in [2.45, 2.75) is 6.92 Å². The standard InChI is InChI=1S/C12H10BrN3O2/c1-2-18-12(17)9-3-8(4-14-5-9)11-15-6-10(13)7-16-11/h3-7H,2H2,1H3. The van der Waals surface area contributed by atoms with Crippen molar-refractivity contribution >= 4 is 21.9 Å². The second-order valence-corrected chi connectivity index (χ2v) is 4.32. The van der Waals surface area contributed by atoms with E-state index in [1.54, 1.807) is 31.6 Å². The highest BCUT2D eigenvalue weighted by molar-refractivity contribution is 9.10. The molecule has 0 saturated heterocycles. The summed E-state index contributed by atoms with van der Waals surface area (Å²) in [6.07, 6.45) is 6.34. The minimum absolute atomic E-state index is 0.331. The van der Waals surface area contributed by atoms with E-state index in [1.807, 2.05) is 0 Å². The Balaban J connectivity index is 2.32. The van der Waals surface area contributed by atoms with Gasteiger partial charge in [0.15, 0.2) is 5.82 Å². The number of carbonyl (C=O) groups excluding carboxylic acids is 1. The van der Waals surface area contributed by atoms with Crippen LogP contribution in [-0.4, -0.2) is 27.5 Å². The maximum absolute atomic E-state index is 11.6. The van der Waals surface area contributed by atoms with E-state index in [9.17, 15) is 4.79 Å². The molecule has 0 bridgehead atoms. The van der Waals surface area contributed by atoms with Crippen LogP contribution in [0.15, 0.2) is 35.3 Å². The highest BCUT2D eigenvalue weighted by atomic mass is 79.9. The van der Waals surface area contributed by atoms with Crippen LogP contribution in [0.2, 0.25) is 0 Å². The zero-order valence-electron chi connectivity index (χ0n) is 9.63. The summed E-state index contributed by atoms with van der Waals surface area (Å²) in [5, 5.41) is 0. The highest BCUT2D eigenvalue weighted by Gasteiger charge is 2.09. The molecule has 0 aliphatic rings. The monoisotopic (exact) mass is 307 g/mol. The van der Waals surface area contributed by atoms with Crippen LogP contribution < -0.4 is 0 Å². The number of aromatic nitrogens is 3. The first kappa shape index (κ1) is 12.6. The van der Waals surface area contributed by atoms with Gasteiger partial charge in [0.25, 0.3) is 0 Å². The molecule has 2 aromatic heterocycles. The molecular formula is C12H10BrN3O2. The maximum Gasteiger partial charge on any atom is 0.339 e. The third-order valence-electron chi connectivity index (χ3n) is 2.13. The minimum Gasteiger partial charge on any atom is -0.462 e. The molecular weight excluding hydrogens is 298 g/mol. The maximum atomic E-state index is 11.6. The normalized spacial score (nSPS) is 10.1. The fraction of sp³-hybridized carbons (Fsp3) is 0.167. The summed E-state index contributed by atoms with van der Waals surface area (Å²) >= 11 is 3.26. The number of ether oxygens (including phenoxy) is 1. The van der Waals surface area contributed by atoms with E-state index in [0.29, 0.717) is 23.6 Å². The lowest BCUT2D eigenvalue weighted by Gasteiger charge is -2.03. The van der Waals surface area contributed by atoms with E-state index >= 15 is 0 Å². The molecule has 6 heteroatoms. The van der Waals surface area contributed by atoms with E-state index in [4.69, 9.17) is 4.74 Å². The summed E-state index contributed by atoms with van der Waals surface area (Å²) < 4.78 is 5.70. The summed E-state index contributed by atoms with van der Waals surface area (Å²) in [5.74, 6) is 0.112. The Kier molecular flexibility index (Phi) is 3.99. The average molecular weight is 308 g/mol. The van der Waals surface area contributed by atoms with Gasteiger partial charge in [-0.2, -0.15) is 0 Å². The molecule has 0 radical (unpaired) electrons. The number of esters is 1. The second kappa shape index (κ2) is 5.68. The predicted molar refractivity (Wildman–Crippen MR) is 68.9 cm³/mol. The number of carbonyl (C=O) groups is 1. The van der Waals surface area contributed by atoms with Crippen molar-refractivity contribution in [1.82, 2.24) is 15.0 Å². The third-order valence-corrected chi connectivity index (χ3v) is 2.54. The number of halogens is 1. The number of hydrogen-bond donors (Lipinski definition) is 0. The van der Waals surface area contributed by atoms with Crippen molar-refractivity contribution in [3.05, 3.63) is 40.9 Å². The Hall–Kier alpha value is -1.82. The van der Waals surface area contributed by atoms with E-state index < -0.39 is 5.97 Å². The molecule has 5 nitrogen and oxygen atoms in total. The molecule has 0 amide bonds. The highest BCUT2D eigenvalue weighted by Crippen LogP contribution is 2.16. The molecule has 0 aromatic carbocycles. The topological polar surface area (TPSA) is 65.0 Å². The lowest BCUT2D eigenvalue weighted by Crippen LogP contribution is -2.05. The van der Waals surface area contributed by atoms with Gasteiger partial charge in [0.2, 0.25) is 0 Å². The Bertz CT molecular complexity index is 558. The van der Waals surface area contributed by atoms with Crippen LogP contribution in [0.1, 0.15) is 17.3 Å². The molecule has 0 unspecified atom stereocenters. The molecule has 2 aromatic rings. The predicted octanol–water partition coefficient (Wildman–Crippen LogP) is 2.48. The molecule has 18 heavy (non-hydrogen) atoms. The number of nitrogens with zero attached hydrogens (tertiary/aromatic N) is 3. The summed E-state index contributed by atoms with van der Waals surface area (Å²) in [5.41, 5.74) is 1.06. The van der Waals surface area contributed by atoms with Crippen LogP contribution in [0.4, 0.5) is 0 Å². The Morgan fingerprint density at radius 2 is 2.00 bits per heavy atom. The van der Waals surface area contributed by atoms with Gasteiger partial charge in [0.05, 0.1) is 16.6 Å². The summed E-state index contributed by atoms with van der Waals surface area (Å²) in [6, 6.07) is 1.66. The van der Waals surface area contributed by atoms with Gasteiger partial charge in [-0.15, -0.1) is 0 Å². The Morgan fingerprint density at radius 3 is 2.67 bits per heavy atom. The molecule has 0 saturated carbocycles. The van der Waals surface area contributed by atoms with Gasteiger partial charge >= 0.3 is 5.97 Å². The van der Waals surface area contributed by atoms with Crippen LogP contribution in [0.5, 0.6) is 0 Å². The van der Waals surface area contributed by atoms with Crippen molar-refractivity contribution in [3.8, 4) is 11.4 Å². The quantitative estimate of drug-likeness (QED) is 0.815. The van der Waals surface area contributed by atoms with Crippen LogP contribution >= 0.6 is 15.9 Å². The van der Waals surface area contributed by atoms with Crippen molar-refractivity contribution in [1.29, 1.82) is 0 Å². The van der Waals surface area contributed by atoms with E-state index in [1.165, 1.54) is 6.20 Å². The molecule has 0 aliphatic heterocycles. The zero-order valence-corrected chi connectivity index (χ0v) is 11.2. The third kappa shape index (κ3) is 2.89. The van der Waals surface area contributed by atoms with Gasteiger partial charge in [-0.3, -0.25) is 4.98 Å². The SMILES string of the molecule is CCOC(=O)c1cncc(-c2ncc(Br)cn2)c1. The van der Waals surface area contributed by atoms with Crippen LogP contribution in [0.25, 0.3) is 11.4 Å². The van der Waals surface area contributed by atoms with Gasteiger partial charge in [0.1, 0.15) is 0 Å². The molecule has 2 heterocycles. The van der Waals surface area contributed by atoms with Gasteiger partial charge < -0.3 is 4.74 Å². The lowest BCUT2D eigenvalue weighted by molar-refractivity contribution is 0.0526. The van der Waals surface area contributed by atoms with Gasteiger partial charge in [-0.25, -0.2) is 14.8 Å². The second-order valence-electron chi connectivity index (χ2n) is 3.41. The Morgan fingerprint density at radius 1 is 1.28 bits per heavy atom. The van der Waals surface area contributed by atoms with Crippen LogP contribution in [0.3, 0.4) is 0 Å². The zero-order chi connectivity index (χ0) is 13.0. The fourth-order valence-electron chi connectivity index (χ4n) is 1.35. The first-order chi connectivity index (χ1) is 8.70. The first-order valence-corrected chi connectivity index (χ1v) is 6.10. The summed E-state index contributed by atoms with van der Waals surface area (Å²) in [6.45, 7) is 2.09. The van der Waals surface area contributed by atoms with Crippen LogP contribution in [0, 0.1) is 0 Å². The molecule has 0 atom stereocenters. The van der Waals surface area contributed by atoms with Crippen molar-refractivity contribution in [3.63, 3.8) is 0 Å². The summed E-state index contributed by atoms with van der Waals surface area (Å²) in [7, 11) is 0. The van der Waals surface area contributed by atoms with Crippen LogP contribution in [-0.2, 0) is 4.74 Å². The van der Waals surface area contributed by atoms with E-state index in [-0.39, 0.29) is 0 Å². The van der Waals surface area contributed by atoms with Crippen molar-refractivity contribution < 1.29 is 9.53 Å². The largest absolute Gasteiger partial charge is 0.462 e. The number of hydrogen-bond acceptors (Lipinski definition) is 5. The number of rotatable bonds is 3. The lowest BCUT2D eigenvalue weighted by atomic mass is 10.2. The molecule has 92 valence electrons.